The number of aromatic amines is 1. The van der Waals surface area contributed by atoms with Gasteiger partial charge in [0.2, 0.25) is 5.91 Å². The summed E-state index contributed by atoms with van der Waals surface area (Å²) in [6.07, 6.45) is 2.34. The minimum absolute atomic E-state index is 0.115. The Morgan fingerprint density at radius 1 is 1.21 bits per heavy atom. The number of rotatable bonds is 5. The number of carbonyl (C=O) groups is 1. The van der Waals surface area contributed by atoms with Gasteiger partial charge in [-0.15, -0.1) is 0 Å². The van der Waals surface area contributed by atoms with Crippen LogP contribution in [0.25, 0.3) is 11.0 Å². The van der Waals surface area contributed by atoms with E-state index >= 15 is 0 Å². The van der Waals surface area contributed by atoms with Gasteiger partial charge in [0.15, 0.2) is 0 Å². The van der Waals surface area contributed by atoms with E-state index in [1.807, 2.05) is 47.4 Å². The second-order valence-corrected chi connectivity index (χ2v) is 7.17. The number of benzene rings is 2. The predicted octanol–water partition coefficient (Wildman–Crippen LogP) is 3.53. The third-order valence-corrected chi connectivity index (χ3v) is 5.40. The zero-order valence-electron chi connectivity index (χ0n) is 16.3. The summed E-state index contributed by atoms with van der Waals surface area (Å²) in [5, 5.41) is 0. The van der Waals surface area contributed by atoms with Gasteiger partial charge in [0.1, 0.15) is 17.3 Å². The van der Waals surface area contributed by atoms with Crippen molar-refractivity contribution in [2.45, 2.75) is 25.2 Å². The second kappa shape index (κ2) is 7.92. The Morgan fingerprint density at radius 3 is 2.86 bits per heavy atom. The molecule has 1 aliphatic rings. The standard InChI is InChI=1S/C22H25N3O3/c1-27-17-10-9-15(20(13-17)28-2)12-21(26)25-11-5-6-16(14-25)22-23-18-7-3-4-8-19(18)24-22/h3-4,7-10,13,16H,5-6,11-12,14H2,1-2H3,(H,23,24)/t16-/m0/s1. The molecule has 0 saturated carbocycles. The zero-order valence-corrected chi connectivity index (χ0v) is 16.3. The summed E-state index contributed by atoms with van der Waals surface area (Å²) >= 11 is 0. The monoisotopic (exact) mass is 379 g/mol. The first-order valence-electron chi connectivity index (χ1n) is 9.61. The lowest BCUT2D eigenvalue weighted by molar-refractivity contribution is -0.131. The Balaban J connectivity index is 1.47. The maximum Gasteiger partial charge on any atom is 0.227 e. The van der Waals surface area contributed by atoms with Crippen LogP contribution in [0.5, 0.6) is 11.5 Å². The van der Waals surface area contributed by atoms with Crippen LogP contribution in [0, 0.1) is 0 Å². The van der Waals surface area contributed by atoms with Crippen molar-refractivity contribution in [2.24, 2.45) is 0 Å². The molecule has 4 rings (SSSR count). The quantitative estimate of drug-likeness (QED) is 0.736. The molecular formula is C22H25N3O3. The molecule has 1 aromatic heterocycles. The fourth-order valence-corrected chi connectivity index (χ4v) is 3.87. The Morgan fingerprint density at radius 2 is 2.07 bits per heavy atom. The Kier molecular flexibility index (Phi) is 5.19. The van der Waals surface area contributed by atoms with Gasteiger partial charge in [-0.3, -0.25) is 4.79 Å². The number of nitrogens with zero attached hydrogens (tertiary/aromatic N) is 2. The highest BCUT2D eigenvalue weighted by Gasteiger charge is 2.27. The normalized spacial score (nSPS) is 16.9. The zero-order chi connectivity index (χ0) is 19.5. The molecule has 1 amide bonds. The van der Waals surface area contributed by atoms with Crippen LogP contribution in [0.1, 0.15) is 30.1 Å². The van der Waals surface area contributed by atoms with Crippen molar-refractivity contribution in [3.05, 3.63) is 53.9 Å². The van der Waals surface area contributed by atoms with Gasteiger partial charge in [0, 0.05) is 30.6 Å². The van der Waals surface area contributed by atoms with E-state index in [1.165, 1.54) is 0 Å². The first-order valence-corrected chi connectivity index (χ1v) is 9.61. The number of amides is 1. The van der Waals surface area contributed by atoms with E-state index in [9.17, 15) is 4.79 Å². The van der Waals surface area contributed by atoms with E-state index in [0.717, 1.165) is 47.6 Å². The molecule has 1 fully saturated rings. The number of hydrogen-bond donors (Lipinski definition) is 1. The van der Waals surface area contributed by atoms with E-state index in [2.05, 4.69) is 4.98 Å². The molecular weight excluding hydrogens is 354 g/mol. The van der Waals surface area contributed by atoms with Crippen LogP contribution in [0.2, 0.25) is 0 Å². The molecule has 6 nitrogen and oxygen atoms in total. The lowest BCUT2D eigenvalue weighted by Crippen LogP contribution is -2.40. The van der Waals surface area contributed by atoms with Crippen LogP contribution in [0.15, 0.2) is 42.5 Å². The molecule has 1 aliphatic heterocycles. The molecule has 0 bridgehead atoms. The van der Waals surface area contributed by atoms with Gasteiger partial charge >= 0.3 is 0 Å². The topological polar surface area (TPSA) is 67.5 Å². The SMILES string of the molecule is COc1ccc(CC(=O)N2CCC[C@H](c3nc4ccccc4[nH]3)C2)c(OC)c1. The van der Waals surface area contributed by atoms with Gasteiger partial charge in [-0.25, -0.2) is 4.98 Å². The summed E-state index contributed by atoms with van der Waals surface area (Å²) < 4.78 is 10.7. The number of piperidine rings is 1. The van der Waals surface area contributed by atoms with Gasteiger partial charge in [-0.2, -0.15) is 0 Å². The summed E-state index contributed by atoms with van der Waals surface area (Å²) in [7, 11) is 3.23. The fraction of sp³-hybridized carbons (Fsp3) is 0.364. The van der Waals surface area contributed by atoms with Gasteiger partial charge in [0.25, 0.3) is 0 Å². The predicted molar refractivity (Wildman–Crippen MR) is 108 cm³/mol. The van der Waals surface area contributed by atoms with Crippen molar-refractivity contribution in [2.75, 3.05) is 27.3 Å². The lowest BCUT2D eigenvalue weighted by atomic mass is 9.96. The number of likely N-dealkylation sites (tertiary alicyclic amines) is 1. The van der Waals surface area contributed by atoms with E-state index in [0.29, 0.717) is 18.7 Å². The Labute approximate surface area is 164 Å². The van der Waals surface area contributed by atoms with Crippen molar-refractivity contribution in [3.63, 3.8) is 0 Å². The smallest absolute Gasteiger partial charge is 0.227 e. The van der Waals surface area contributed by atoms with Crippen LogP contribution in [-0.4, -0.2) is 48.1 Å². The van der Waals surface area contributed by atoms with E-state index < -0.39 is 0 Å². The number of aromatic nitrogens is 2. The number of hydrogen-bond acceptors (Lipinski definition) is 4. The van der Waals surface area contributed by atoms with E-state index in [4.69, 9.17) is 14.5 Å². The number of para-hydroxylation sites is 2. The molecule has 1 saturated heterocycles. The second-order valence-electron chi connectivity index (χ2n) is 7.17. The van der Waals surface area contributed by atoms with Crippen LogP contribution >= 0.6 is 0 Å². The van der Waals surface area contributed by atoms with Crippen LogP contribution in [-0.2, 0) is 11.2 Å². The number of imidazole rings is 1. The molecule has 1 N–H and O–H groups in total. The lowest BCUT2D eigenvalue weighted by Gasteiger charge is -2.32. The summed E-state index contributed by atoms with van der Waals surface area (Å²) in [4.78, 5) is 23.1. The summed E-state index contributed by atoms with van der Waals surface area (Å²) in [6, 6.07) is 13.6. The molecule has 0 radical (unpaired) electrons. The van der Waals surface area contributed by atoms with Crippen LogP contribution in [0.3, 0.4) is 0 Å². The molecule has 6 heteroatoms. The van der Waals surface area contributed by atoms with Crippen LogP contribution < -0.4 is 9.47 Å². The fourth-order valence-electron chi connectivity index (χ4n) is 3.87. The summed E-state index contributed by atoms with van der Waals surface area (Å²) in [5.74, 6) is 2.72. The Hall–Kier alpha value is -3.02. The minimum atomic E-state index is 0.115. The van der Waals surface area contributed by atoms with Crippen LogP contribution in [0.4, 0.5) is 0 Å². The largest absolute Gasteiger partial charge is 0.497 e. The number of carbonyl (C=O) groups excluding carboxylic acids is 1. The number of methoxy groups -OCH3 is 2. The average molecular weight is 379 g/mol. The maximum absolute atomic E-state index is 12.9. The molecule has 28 heavy (non-hydrogen) atoms. The number of fused-ring (bicyclic) bond motifs is 1. The summed E-state index contributed by atoms with van der Waals surface area (Å²) in [5.41, 5.74) is 2.90. The molecule has 0 aliphatic carbocycles. The van der Waals surface area contributed by atoms with Gasteiger partial charge in [0.05, 0.1) is 31.7 Å². The molecule has 0 unspecified atom stereocenters. The first kappa shape index (κ1) is 18.3. The van der Waals surface area contributed by atoms with Crippen molar-refractivity contribution in [1.29, 1.82) is 0 Å². The van der Waals surface area contributed by atoms with Crippen molar-refractivity contribution in [3.8, 4) is 11.5 Å². The molecule has 2 aromatic carbocycles. The highest BCUT2D eigenvalue weighted by molar-refractivity contribution is 5.80. The highest BCUT2D eigenvalue weighted by atomic mass is 16.5. The van der Waals surface area contributed by atoms with Crippen molar-refractivity contribution < 1.29 is 14.3 Å². The number of ether oxygens (including phenoxy) is 2. The van der Waals surface area contributed by atoms with Gasteiger partial charge < -0.3 is 19.4 Å². The first-order chi connectivity index (χ1) is 13.7. The Bertz CT molecular complexity index is 949. The van der Waals surface area contributed by atoms with E-state index in [1.54, 1.807) is 14.2 Å². The van der Waals surface area contributed by atoms with Gasteiger partial charge in [-0.1, -0.05) is 18.2 Å². The number of nitrogens with one attached hydrogen (secondary N) is 1. The molecule has 1 atom stereocenters. The average Bonchev–Trinajstić information content (AvgIpc) is 3.18. The van der Waals surface area contributed by atoms with Crippen molar-refractivity contribution >= 4 is 16.9 Å². The molecule has 3 aromatic rings. The minimum Gasteiger partial charge on any atom is -0.497 e. The molecule has 0 spiro atoms. The third-order valence-electron chi connectivity index (χ3n) is 5.40. The maximum atomic E-state index is 12.9. The number of H-pyrrole nitrogens is 1. The van der Waals surface area contributed by atoms with Crippen molar-refractivity contribution in [1.82, 2.24) is 14.9 Å². The molecule has 2 heterocycles. The third kappa shape index (κ3) is 3.67. The summed E-state index contributed by atoms with van der Waals surface area (Å²) in [6.45, 7) is 1.48. The van der Waals surface area contributed by atoms with E-state index in [-0.39, 0.29) is 11.8 Å². The highest BCUT2D eigenvalue weighted by Crippen LogP contribution is 2.29. The molecule has 146 valence electrons. The van der Waals surface area contributed by atoms with Gasteiger partial charge in [-0.05, 0) is 31.0 Å².